The van der Waals surface area contributed by atoms with Gasteiger partial charge in [0.2, 0.25) is 0 Å². The van der Waals surface area contributed by atoms with E-state index >= 15 is 0 Å². The predicted octanol–water partition coefficient (Wildman–Crippen LogP) is 4.66. The van der Waals surface area contributed by atoms with E-state index in [1.165, 1.54) is 20.3 Å². The van der Waals surface area contributed by atoms with Gasteiger partial charge in [-0.05, 0) is 67.9 Å². The van der Waals surface area contributed by atoms with E-state index < -0.39 is 15.9 Å². The molecular formula is C25H26FNO6S. The molecule has 0 N–H and O–H groups in total. The molecule has 1 amide bonds. The van der Waals surface area contributed by atoms with Crippen LogP contribution in [0.3, 0.4) is 0 Å². The van der Waals surface area contributed by atoms with Crippen molar-refractivity contribution in [1.29, 1.82) is 0 Å². The highest BCUT2D eigenvalue weighted by atomic mass is 32.2. The molecule has 0 unspecified atom stereocenters. The quantitative estimate of drug-likeness (QED) is 0.408. The van der Waals surface area contributed by atoms with Crippen LogP contribution in [0.15, 0.2) is 71.6 Å². The number of nitrogens with zero attached hydrogens (tertiary/aromatic N) is 1. The van der Waals surface area contributed by atoms with Gasteiger partial charge in [0, 0.05) is 12.6 Å². The van der Waals surface area contributed by atoms with Crippen molar-refractivity contribution in [2.45, 2.75) is 31.3 Å². The Hall–Kier alpha value is -3.59. The molecule has 0 saturated heterocycles. The maximum Gasteiger partial charge on any atom is 0.339 e. The molecule has 0 bridgehead atoms. The van der Waals surface area contributed by atoms with Crippen molar-refractivity contribution in [3.8, 4) is 17.2 Å². The molecule has 0 spiro atoms. The van der Waals surface area contributed by atoms with Gasteiger partial charge in [0.05, 0.1) is 14.2 Å². The lowest BCUT2D eigenvalue weighted by molar-refractivity contribution is 0.0683. The van der Waals surface area contributed by atoms with Crippen LogP contribution in [0.4, 0.5) is 4.39 Å². The minimum Gasteiger partial charge on any atom is -0.496 e. The largest absolute Gasteiger partial charge is 0.496 e. The van der Waals surface area contributed by atoms with Gasteiger partial charge in [-0.15, -0.1) is 0 Å². The molecule has 0 saturated carbocycles. The predicted molar refractivity (Wildman–Crippen MR) is 125 cm³/mol. The molecular weight excluding hydrogens is 461 g/mol. The number of ether oxygens (including phenoxy) is 2. The number of amides is 1. The van der Waals surface area contributed by atoms with E-state index in [9.17, 15) is 17.6 Å². The average molecular weight is 488 g/mol. The Labute approximate surface area is 198 Å². The lowest BCUT2D eigenvalue weighted by Crippen LogP contribution is -2.36. The molecule has 0 aromatic heterocycles. The van der Waals surface area contributed by atoms with Crippen LogP contribution < -0.4 is 13.7 Å². The number of rotatable bonds is 9. The minimum atomic E-state index is -4.15. The van der Waals surface area contributed by atoms with Gasteiger partial charge in [0.25, 0.3) is 5.91 Å². The molecule has 9 heteroatoms. The number of benzene rings is 3. The summed E-state index contributed by atoms with van der Waals surface area (Å²) in [5.74, 6) is 0.00317. The Morgan fingerprint density at radius 1 is 0.941 bits per heavy atom. The lowest BCUT2D eigenvalue weighted by Gasteiger charge is -2.28. The maximum atomic E-state index is 13.5. The zero-order chi connectivity index (χ0) is 24.9. The Morgan fingerprint density at radius 2 is 1.53 bits per heavy atom. The van der Waals surface area contributed by atoms with Crippen molar-refractivity contribution >= 4 is 16.0 Å². The van der Waals surface area contributed by atoms with Gasteiger partial charge in [-0.25, -0.2) is 4.39 Å². The number of hydrogen-bond donors (Lipinski definition) is 0. The summed E-state index contributed by atoms with van der Waals surface area (Å²) in [7, 11) is -1.19. The molecule has 0 fully saturated rings. The molecule has 0 atom stereocenters. The molecule has 3 aromatic carbocycles. The molecule has 3 rings (SSSR count). The first-order chi connectivity index (χ1) is 16.2. The van der Waals surface area contributed by atoms with Crippen LogP contribution in [-0.2, 0) is 16.7 Å². The van der Waals surface area contributed by atoms with Gasteiger partial charge >= 0.3 is 10.1 Å². The summed E-state index contributed by atoms with van der Waals surface area (Å²) >= 11 is 0. The van der Waals surface area contributed by atoms with Crippen molar-refractivity contribution in [1.82, 2.24) is 4.90 Å². The van der Waals surface area contributed by atoms with Crippen molar-refractivity contribution < 1.29 is 31.3 Å². The number of halogens is 1. The number of carbonyl (C=O) groups excluding carboxylic acids is 1. The molecule has 0 aliphatic heterocycles. The zero-order valence-corrected chi connectivity index (χ0v) is 20.1. The minimum absolute atomic E-state index is 0.0767. The van der Waals surface area contributed by atoms with E-state index in [2.05, 4.69) is 0 Å². The summed E-state index contributed by atoms with van der Waals surface area (Å²) < 4.78 is 54.2. The molecule has 7 nitrogen and oxygen atoms in total. The van der Waals surface area contributed by atoms with Crippen molar-refractivity contribution in [3.63, 3.8) is 0 Å². The average Bonchev–Trinajstić information content (AvgIpc) is 2.81. The van der Waals surface area contributed by atoms with Crippen LogP contribution in [0.1, 0.15) is 29.8 Å². The summed E-state index contributed by atoms with van der Waals surface area (Å²) in [4.78, 5) is 14.9. The second-order valence-corrected chi connectivity index (χ2v) is 9.25. The summed E-state index contributed by atoms with van der Waals surface area (Å²) in [5, 5.41) is 0. The third-order valence-electron chi connectivity index (χ3n) is 5.09. The third kappa shape index (κ3) is 5.66. The molecule has 0 heterocycles. The number of methoxy groups -OCH3 is 2. The molecule has 0 aliphatic rings. The van der Waals surface area contributed by atoms with Crippen LogP contribution in [0.25, 0.3) is 0 Å². The first-order valence-corrected chi connectivity index (χ1v) is 11.9. The first kappa shape index (κ1) is 25.0. The summed E-state index contributed by atoms with van der Waals surface area (Å²) in [5.41, 5.74) is 0.954. The summed E-state index contributed by atoms with van der Waals surface area (Å²) in [6, 6.07) is 15.7. The van der Waals surface area contributed by atoms with Crippen LogP contribution in [-0.4, -0.2) is 39.5 Å². The van der Waals surface area contributed by atoms with Gasteiger partial charge < -0.3 is 18.6 Å². The van der Waals surface area contributed by atoms with Crippen LogP contribution in [0.2, 0.25) is 0 Å². The zero-order valence-electron chi connectivity index (χ0n) is 19.3. The van der Waals surface area contributed by atoms with E-state index in [4.69, 9.17) is 13.7 Å². The fraction of sp³-hybridized carbons (Fsp3) is 0.240. The monoisotopic (exact) mass is 487 g/mol. The Morgan fingerprint density at radius 3 is 2.09 bits per heavy atom. The van der Waals surface area contributed by atoms with Gasteiger partial charge in [0.1, 0.15) is 33.5 Å². The van der Waals surface area contributed by atoms with Gasteiger partial charge in [-0.3, -0.25) is 4.79 Å². The van der Waals surface area contributed by atoms with Gasteiger partial charge in [-0.2, -0.15) is 8.42 Å². The van der Waals surface area contributed by atoms with Crippen molar-refractivity contribution in [3.05, 3.63) is 83.7 Å². The fourth-order valence-corrected chi connectivity index (χ4v) is 4.29. The summed E-state index contributed by atoms with van der Waals surface area (Å²) in [6.45, 7) is 3.93. The Balaban J connectivity index is 1.87. The second-order valence-electron chi connectivity index (χ2n) is 7.70. The SMILES string of the molecule is COc1cccc(OC)c1C(=O)N(Cc1cccc(OS(=O)(=O)c2ccc(F)cc2)c1)C(C)C. The molecule has 0 aliphatic carbocycles. The van der Waals surface area contributed by atoms with Crippen LogP contribution in [0.5, 0.6) is 17.2 Å². The standard InChI is InChI=1S/C25H26FNO6S/c1-17(2)27(25(28)24-22(31-3)9-6-10-23(24)32-4)16-18-7-5-8-20(15-18)33-34(29,30)21-13-11-19(26)12-14-21/h5-15,17H,16H2,1-4H3. The van der Waals surface area contributed by atoms with E-state index in [-0.39, 0.29) is 29.1 Å². The van der Waals surface area contributed by atoms with Crippen LogP contribution in [0, 0.1) is 5.82 Å². The van der Waals surface area contributed by atoms with Crippen LogP contribution >= 0.6 is 0 Å². The highest BCUT2D eigenvalue weighted by molar-refractivity contribution is 7.87. The Kier molecular flexibility index (Phi) is 7.78. The van der Waals surface area contributed by atoms with E-state index in [1.807, 2.05) is 13.8 Å². The van der Waals surface area contributed by atoms with Gasteiger partial charge in [0.15, 0.2) is 0 Å². The highest BCUT2D eigenvalue weighted by Crippen LogP contribution is 2.31. The molecule has 3 aromatic rings. The number of hydrogen-bond acceptors (Lipinski definition) is 6. The van der Waals surface area contributed by atoms with E-state index in [0.29, 0.717) is 22.6 Å². The Bertz CT molecular complexity index is 1240. The topological polar surface area (TPSA) is 82.1 Å². The summed E-state index contributed by atoms with van der Waals surface area (Å²) in [6.07, 6.45) is 0. The third-order valence-corrected chi connectivity index (χ3v) is 6.35. The molecule has 0 radical (unpaired) electrons. The fourth-order valence-electron chi connectivity index (χ4n) is 3.36. The second kappa shape index (κ2) is 10.6. The molecule has 34 heavy (non-hydrogen) atoms. The normalized spacial score (nSPS) is 11.2. The number of carbonyl (C=O) groups is 1. The lowest BCUT2D eigenvalue weighted by atomic mass is 10.1. The van der Waals surface area contributed by atoms with Crippen molar-refractivity contribution in [2.75, 3.05) is 14.2 Å². The van der Waals surface area contributed by atoms with E-state index in [1.54, 1.807) is 41.3 Å². The highest BCUT2D eigenvalue weighted by Gasteiger charge is 2.26. The van der Waals surface area contributed by atoms with Gasteiger partial charge in [-0.1, -0.05) is 18.2 Å². The van der Waals surface area contributed by atoms with E-state index in [0.717, 1.165) is 24.3 Å². The van der Waals surface area contributed by atoms with Crippen molar-refractivity contribution in [2.24, 2.45) is 0 Å². The first-order valence-electron chi connectivity index (χ1n) is 10.5. The maximum absolute atomic E-state index is 13.5. The smallest absolute Gasteiger partial charge is 0.339 e. The molecule has 180 valence electrons.